The van der Waals surface area contributed by atoms with Crippen molar-refractivity contribution >= 4 is 143 Å². The van der Waals surface area contributed by atoms with Gasteiger partial charge in [0.1, 0.15) is 28.4 Å². The highest BCUT2D eigenvalue weighted by Crippen LogP contribution is 2.81. The monoisotopic (exact) mass is 1910 g/mol. The first-order valence-corrected chi connectivity index (χ1v) is 46.1. The van der Waals surface area contributed by atoms with E-state index >= 15 is 0 Å². The van der Waals surface area contributed by atoms with Crippen molar-refractivity contribution in [3.63, 3.8) is 0 Å². The number of esters is 24. The van der Waals surface area contributed by atoms with Gasteiger partial charge in [-0.25, -0.2) is 47.9 Å². The van der Waals surface area contributed by atoms with Crippen LogP contribution in [0.4, 0.5) is 0 Å². The number of fused-ring (bicyclic) bond motifs is 48. The normalized spacial score (nSPS) is 36.9. The molecule has 31 rings (SSSR count). The molecule has 141 heavy (non-hydrogen) atoms. The molecule has 0 spiro atoms. The fourth-order valence-corrected chi connectivity index (χ4v) is 30.1. The molecule has 706 valence electrons. The molecule has 24 aliphatic rings. The topological polar surface area (TPSA) is 539 Å². The largest absolute Gasteiger partial charge is 0.457 e. The van der Waals surface area contributed by atoms with Crippen molar-refractivity contribution in [2.24, 2.45) is 178 Å². The molecule has 8 bridgehead atoms. The summed E-state index contributed by atoms with van der Waals surface area (Å²) in [5, 5.41) is 0. The van der Waals surface area contributed by atoms with E-state index in [9.17, 15) is 115 Å². The molecule has 38 nitrogen and oxygen atoms in total. The lowest BCUT2D eigenvalue weighted by Crippen LogP contribution is -2.62. The average molecular weight is 1910 g/mol. The van der Waals surface area contributed by atoms with Gasteiger partial charge in [-0.1, -0.05) is 42.5 Å². The first-order chi connectivity index (χ1) is 67.7. The van der Waals surface area contributed by atoms with Gasteiger partial charge in [0.05, 0.1) is 133 Å². The van der Waals surface area contributed by atoms with Crippen LogP contribution in [0.5, 0.6) is 23.0 Å². The molecule has 0 amide bonds. The Kier molecular flexibility index (Phi) is 18.0. The number of rotatable bonds is 7. The second-order valence-electron chi connectivity index (χ2n) is 40.4. The van der Waals surface area contributed by atoms with Crippen LogP contribution >= 0.6 is 0 Å². The first kappa shape index (κ1) is 85.3. The lowest BCUT2D eigenvalue weighted by atomic mass is 9.41. The van der Waals surface area contributed by atoms with Gasteiger partial charge in [0.2, 0.25) is 0 Å². The van der Waals surface area contributed by atoms with Crippen LogP contribution in [0.15, 0.2) is 140 Å². The molecule has 7 saturated heterocycles. The smallest absolute Gasteiger partial charge is 0.347 e. The fraction of sp³-hybridized carbons (Fsp3) is 0.359. The summed E-state index contributed by atoms with van der Waals surface area (Å²) < 4.78 is 67.6. The maximum atomic E-state index is 12.1. The highest BCUT2D eigenvalue weighted by molar-refractivity contribution is 6.19. The second kappa shape index (κ2) is 29.7. The molecule has 12 saturated carbocycles. The van der Waals surface area contributed by atoms with E-state index in [2.05, 4.69) is 28.4 Å². The van der Waals surface area contributed by atoms with Gasteiger partial charge < -0.3 is 66.3 Å². The standard InChI is InChI=1S/C22H10O8.C22H10O6.C18H16O6.C15H12O6.C13H10O6.C13H8O6/c23-19-15-7-5-13(9-17(15)21(25)29-19)27-11-1-2-12(4-3-11)28-14-6-8-16-18(10-14)22(26)30-20(16)24;23-19-15-7-5-13(9-17(15)21(25)27-19)11-1-2-12(4-3-11)14-6-8-16-18(10-14)22(26)28-20(16)24;19-15-11-5-2-6(12(11)16(20)23-15)8-4-1-3(7(5)8)9-10(4)14-13(9)17(21)24-18(14)22;16-12-8-4-2-1-3(6(4)10(8)14(18)20-12)7-5(2)9-11(7)15(19)21-13(9)17;14-10-6-2-1-3(7(6)11(15)18-10)5-4(2)8-9(5)13(17)19-12(8)16;1-13(5-9(14)18-12(13)17)6-2-3-7-8(4-6)11(16)19-10(7)15/h1-10H;1-10H;3-14H,1-2H2;2-11H,1H2;2-9H,1H2;2-4H,5H2,1H3. The van der Waals surface area contributed by atoms with Crippen LogP contribution in [0, 0.1) is 178 Å². The molecular formula is C103H66O38. The van der Waals surface area contributed by atoms with Gasteiger partial charge in [0, 0.05) is 0 Å². The third-order valence-corrected chi connectivity index (χ3v) is 35.1. The summed E-state index contributed by atoms with van der Waals surface area (Å²) in [6.07, 6.45) is 3.64. The molecule has 38 heteroatoms. The van der Waals surface area contributed by atoms with E-state index in [1.807, 2.05) is 24.3 Å². The SMILES string of the molecule is CC1(c2ccc3c(c2)C(=O)OC3=O)CC(=O)OC1=O.O=C1OC(=O)C2C1C1C3CC(C21)C1C2C(=O)OC(=O)C2C31.O=C1OC(=O)C2C3CC(C12)C1C2C(=O)OC(=O)C2C31.O=C1OC(=O)C2C3CC(C12)C1C2CC(C31)C1C3C(=O)OC(=O)C3C21.O=C1OC(=O)c2cc(-c3ccc(-c4ccc5c(c4)C(=O)OC5=O)cc3)ccc21.O=C1OC(=O)c2cc(Oc3ccc(Oc4ccc5c(c4)C(=O)OC5=O)cc3)ccc21. The van der Waals surface area contributed by atoms with Crippen LogP contribution in [-0.2, 0) is 129 Å². The Morgan fingerprint density at radius 1 is 0.206 bits per heavy atom. The van der Waals surface area contributed by atoms with E-state index in [0.29, 0.717) is 52.2 Å². The molecule has 0 radical (unpaired) electrons. The summed E-state index contributed by atoms with van der Waals surface area (Å²) in [7, 11) is 0. The molecule has 12 heterocycles. The van der Waals surface area contributed by atoms with E-state index in [0.717, 1.165) is 47.9 Å². The van der Waals surface area contributed by atoms with Gasteiger partial charge in [0.15, 0.2) is 0 Å². The molecule has 19 fully saturated rings. The summed E-state index contributed by atoms with van der Waals surface area (Å²) >= 11 is 0. The van der Waals surface area contributed by atoms with Crippen LogP contribution in [0.2, 0.25) is 0 Å². The number of cyclic esters (lactones) is 24. The molecule has 0 aromatic heterocycles. The maximum Gasteiger partial charge on any atom is 0.347 e. The summed E-state index contributed by atoms with van der Waals surface area (Å²) in [5.74, 6) is -10.4. The quantitative estimate of drug-likeness (QED) is 0.0632. The zero-order chi connectivity index (χ0) is 97.3. The predicted molar refractivity (Wildman–Crippen MR) is 445 cm³/mol. The number of hydrogen-bond acceptors (Lipinski definition) is 38. The van der Waals surface area contributed by atoms with Crippen LogP contribution in [-0.4, -0.2) is 143 Å². The molecule has 12 aliphatic carbocycles. The minimum Gasteiger partial charge on any atom is -0.457 e. The Morgan fingerprint density at radius 3 is 0.716 bits per heavy atom. The number of benzene rings is 7. The molecular weight excluding hydrogens is 1850 g/mol. The Bertz CT molecular complexity index is 6900. The van der Waals surface area contributed by atoms with Gasteiger partial charge in [-0.15, -0.1) is 0 Å². The van der Waals surface area contributed by atoms with Gasteiger partial charge >= 0.3 is 143 Å². The van der Waals surface area contributed by atoms with Crippen molar-refractivity contribution in [3.05, 3.63) is 201 Å². The van der Waals surface area contributed by atoms with E-state index in [-0.39, 0.29) is 264 Å². The van der Waals surface area contributed by atoms with E-state index in [1.165, 1.54) is 42.5 Å². The van der Waals surface area contributed by atoms with Gasteiger partial charge in [-0.3, -0.25) is 67.1 Å². The second-order valence-corrected chi connectivity index (χ2v) is 40.4. The third kappa shape index (κ3) is 11.8. The average Bonchev–Trinajstić information content (AvgIpc) is 1.48. The molecule has 29 unspecified atom stereocenters. The van der Waals surface area contributed by atoms with Gasteiger partial charge in [0.25, 0.3) is 0 Å². The highest BCUT2D eigenvalue weighted by atomic mass is 16.6. The van der Waals surface area contributed by atoms with Crippen LogP contribution in [0.1, 0.15) is 148 Å². The Labute approximate surface area is 788 Å². The maximum absolute atomic E-state index is 12.1. The Balaban J connectivity index is 0.0000000875. The lowest BCUT2D eigenvalue weighted by Gasteiger charge is -2.58. The number of ether oxygens (including phenoxy) is 14. The van der Waals surface area contributed by atoms with Crippen LogP contribution < -0.4 is 9.47 Å². The van der Waals surface area contributed by atoms with Crippen molar-refractivity contribution in [2.45, 2.75) is 44.4 Å². The summed E-state index contributed by atoms with van der Waals surface area (Å²) in [6.45, 7) is 1.56. The Morgan fingerprint density at radius 2 is 0.426 bits per heavy atom. The van der Waals surface area contributed by atoms with Gasteiger partial charge in [-0.2, -0.15) is 0 Å². The molecule has 0 N–H and O–H groups in total. The number of hydrogen-bond donors (Lipinski definition) is 0. The summed E-state index contributed by atoms with van der Waals surface area (Å²) in [4.78, 5) is 281. The van der Waals surface area contributed by atoms with Crippen molar-refractivity contribution in [1.82, 2.24) is 0 Å². The van der Waals surface area contributed by atoms with Crippen LogP contribution in [0.3, 0.4) is 0 Å². The molecule has 7 aromatic carbocycles. The molecule has 12 aliphatic heterocycles. The Hall–Kier alpha value is -16.2. The lowest BCUT2D eigenvalue weighted by molar-refractivity contribution is -0.176. The predicted octanol–water partition coefficient (Wildman–Crippen LogP) is 7.93. The highest BCUT2D eigenvalue weighted by Gasteiger charge is 2.84. The number of carbonyl (C=O) groups excluding carboxylic acids is 24. The van der Waals surface area contributed by atoms with E-state index < -0.39 is 101 Å². The zero-order valence-electron chi connectivity index (χ0n) is 72.6. The minimum absolute atomic E-state index is 0.0126. The first-order valence-electron chi connectivity index (χ1n) is 46.1. The van der Waals surface area contributed by atoms with Crippen molar-refractivity contribution in [1.29, 1.82) is 0 Å². The van der Waals surface area contributed by atoms with Crippen LogP contribution in [0.25, 0.3) is 22.3 Å². The van der Waals surface area contributed by atoms with Gasteiger partial charge in [-0.05, 0) is 264 Å². The third-order valence-electron chi connectivity index (χ3n) is 35.1. The number of carbonyl (C=O) groups is 24. The van der Waals surface area contributed by atoms with E-state index in [4.69, 9.17) is 37.9 Å². The van der Waals surface area contributed by atoms with Crippen molar-refractivity contribution < 1.29 is 181 Å². The van der Waals surface area contributed by atoms with Crippen molar-refractivity contribution in [3.8, 4) is 45.3 Å². The zero-order valence-corrected chi connectivity index (χ0v) is 72.6. The summed E-state index contributed by atoms with van der Waals surface area (Å²) in [5.41, 5.74) is 4.64. The minimum atomic E-state index is -1.13. The van der Waals surface area contributed by atoms with Crippen molar-refractivity contribution in [2.75, 3.05) is 0 Å². The van der Waals surface area contributed by atoms with E-state index in [1.54, 1.807) is 79.7 Å². The summed E-state index contributed by atoms with van der Waals surface area (Å²) in [6, 6.07) is 37.3. The molecule has 7 aromatic rings. The molecule has 29 atom stereocenters. The fourth-order valence-electron chi connectivity index (χ4n) is 30.1.